The van der Waals surface area contributed by atoms with Crippen molar-refractivity contribution in [2.24, 2.45) is 0 Å². The quantitative estimate of drug-likeness (QED) is 0.278. The van der Waals surface area contributed by atoms with Crippen molar-refractivity contribution in [2.45, 2.75) is 33.4 Å². The maximum atomic E-state index is 14.2. The van der Waals surface area contributed by atoms with Gasteiger partial charge in [-0.05, 0) is 79.9 Å². The third-order valence-electron chi connectivity index (χ3n) is 7.71. The fourth-order valence-electron chi connectivity index (χ4n) is 5.51. The number of rotatable bonds is 4. The van der Waals surface area contributed by atoms with Gasteiger partial charge in [0, 0.05) is 37.2 Å². The van der Waals surface area contributed by atoms with Crippen molar-refractivity contribution < 1.29 is 4.79 Å². The molecule has 0 fully saturated rings. The van der Waals surface area contributed by atoms with Gasteiger partial charge in [0.1, 0.15) is 5.82 Å². The first-order valence-electron chi connectivity index (χ1n) is 13.6. The first kappa shape index (κ1) is 25.5. The van der Waals surface area contributed by atoms with Crippen molar-refractivity contribution in [1.82, 2.24) is 19.2 Å². The number of fused-ring (bicyclic) bond motifs is 3. The Morgan fingerprint density at radius 3 is 2.40 bits per heavy atom. The van der Waals surface area contributed by atoms with E-state index in [0.29, 0.717) is 6.54 Å². The Morgan fingerprint density at radius 2 is 1.68 bits per heavy atom. The number of para-hydroxylation sites is 1. The lowest BCUT2D eigenvalue weighted by atomic mass is 10.0. The van der Waals surface area contributed by atoms with Crippen LogP contribution in [0.15, 0.2) is 91.1 Å². The number of nitrogens with zero attached hydrogens (tertiary/aromatic N) is 5. The summed E-state index contributed by atoms with van der Waals surface area (Å²) < 4.78 is 4.19. The Morgan fingerprint density at radius 1 is 0.925 bits per heavy atom. The molecule has 0 saturated heterocycles. The number of hydrogen-bond donors (Lipinski definition) is 1. The number of carbonyl (C=O) groups excluding carboxylic acids is 1. The molecule has 0 bridgehead atoms. The summed E-state index contributed by atoms with van der Waals surface area (Å²) in [5, 5.41) is 8.18. The molecule has 3 heterocycles. The molecular weight excluding hydrogens is 496 g/mol. The highest BCUT2D eigenvalue weighted by Crippen LogP contribution is 2.39. The van der Waals surface area contributed by atoms with Gasteiger partial charge >= 0.3 is 6.03 Å². The summed E-state index contributed by atoms with van der Waals surface area (Å²) in [5.41, 5.74) is 9.00. The van der Waals surface area contributed by atoms with Crippen LogP contribution in [0.5, 0.6) is 0 Å². The van der Waals surface area contributed by atoms with E-state index in [2.05, 4.69) is 69.5 Å². The van der Waals surface area contributed by atoms with Gasteiger partial charge in [-0.15, -0.1) is 0 Å². The van der Waals surface area contributed by atoms with Gasteiger partial charge in [0.05, 0.1) is 29.7 Å². The SMILES string of the molecule is Cc1ccc(C)c(NC(=O)N2Cc3c(C)nn(-c4ccccc4)c3-n3cccc3[C@@H]2c2ccc(N(C)C)cc2)c1. The summed E-state index contributed by atoms with van der Waals surface area (Å²) in [6.07, 6.45) is 2.07. The third kappa shape index (κ3) is 4.43. The third-order valence-corrected chi connectivity index (χ3v) is 7.71. The second-order valence-corrected chi connectivity index (χ2v) is 10.7. The normalized spacial score (nSPS) is 14.3. The van der Waals surface area contributed by atoms with Crippen LogP contribution in [-0.4, -0.2) is 39.4 Å². The number of benzene rings is 3. The maximum Gasteiger partial charge on any atom is 0.322 e. The number of aromatic nitrogens is 3. The van der Waals surface area contributed by atoms with Gasteiger partial charge < -0.3 is 19.7 Å². The van der Waals surface area contributed by atoms with Crippen LogP contribution in [0.3, 0.4) is 0 Å². The standard InChI is InChI=1S/C33H34N6O/c1-22-13-14-23(2)29(20-22)34-33(40)38-21-28-24(3)35-39(27-10-7-6-8-11-27)32(28)37-19-9-12-30(37)31(38)25-15-17-26(18-16-25)36(4)5/h6-20,31H,21H2,1-5H3,(H,34,40)/t31-/m0/s1. The number of carbonyl (C=O) groups is 1. The van der Waals surface area contributed by atoms with Crippen LogP contribution in [0.1, 0.15) is 39.7 Å². The number of hydrogen-bond acceptors (Lipinski definition) is 3. The van der Waals surface area contributed by atoms with Crippen molar-refractivity contribution >= 4 is 17.4 Å². The molecule has 1 atom stereocenters. The summed E-state index contributed by atoms with van der Waals surface area (Å²) >= 11 is 0. The highest BCUT2D eigenvalue weighted by atomic mass is 16.2. The van der Waals surface area contributed by atoms with Gasteiger partial charge in [-0.1, -0.05) is 42.5 Å². The number of amides is 2. The van der Waals surface area contributed by atoms with Gasteiger partial charge in [0.25, 0.3) is 0 Å². The largest absolute Gasteiger partial charge is 0.378 e. The van der Waals surface area contributed by atoms with Crippen molar-refractivity contribution in [3.05, 3.63) is 125 Å². The molecule has 5 aromatic rings. The van der Waals surface area contributed by atoms with Gasteiger partial charge in [-0.2, -0.15) is 5.10 Å². The Bertz CT molecular complexity index is 1680. The Kier molecular flexibility index (Phi) is 6.42. The highest BCUT2D eigenvalue weighted by Gasteiger charge is 2.36. The van der Waals surface area contributed by atoms with E-state index in [9.17, 15) is 4.79 Å². The average Bonchev–Trinajstić information content (AvgIpc) is 3.51. The topological polar surface area (TPSA) is 58.3 Å². The van der Waals surface area contributed by atoms with Crippen LogP contribution >= 0.6 is 0 Å². The highest BCUT2D eigenvalue weighted by molar-refractivity contribution is 5.91. The Hall–Kier alpha value is -4.78. The van der Waals surface area contributed by atoms with Gasteiger partial charge in [0.2, 0.25) is 0 Å². The molecule has 0 radical (unpaired) electrons. The Labute approximate surface area is 235 Å². The molecule has 0 saturated carbocycles. The van der Waals surface area contributed by atoms with Gasteiger partial charge in [0.15, 0.2) is 0 Å². The average molecular weight is 531 g/mol. The zero-order valence-corrected chi connectivity index (χ0v) is 23.6. The molecule has 0 unspecified atom stereocenters. The molecular formula is C33H34N6O. The summed E-state index contributed by atoms with van der Waals surface area (Å²) in [6, 6.07) is 28.5. The predicted octanol–water partition coefficient (Wildman–Crippen LogP) is 6.79. The minimum Gasteiger partial charge on any atom is -0.378 e. The molecule has 202 valence electrons. The van der Waals surface area contributed by atoms with E-state index < -0.39 is 0 Å². The molecule has 7 nitrogen and oxygen atoms in total. The van der Waals surface area contributed by atoms with E-state index in [1.54, 1.807) is 0 Å². The monoisotopic (exact) mass is 530 g/mol. The number of aryl methyl sites for hydroxylation is 3. The van der Waals surface area contributed by atoms with Crippen LogP contribution < -0.4 is 10.2 Å². The van der Waals surface area contributed by atoms with E-state index in [1.807, 2.05) is 80.8 Å². The van der Waals surface area contributed by atoms with E-state index in [-0.39, 0.29) is 12.1 Å². The summed E-state index contributed by atoms with van der Waals surface area (Å²) in [6.45, 7) is 6.49. The first-order chi connectivity index (χ1) is 19.3. The molecule has 0 aliphatic carbocycles. The minimum absolute atomic E-state index is 0.150. The molecule has 2 aromatic heterocycles. The van der Waals surface area contributed by atoms with Crippen LogP contribution in [0.4, 0.5) is 16.2 Å². The van der Waals surface area contributed by atoms with Crippen molar-refractivity contribution in [2.75, 3.05) is 24.3 Å². The number of anilines is 2. The van der Waals surface area contributed by atoms with E-state index >= 15 is 0 Å². The fourth-order valence-corrected chi connectivity index (χ4v) is 5.51. The van der Waals surface area contributed by atoms with Crippen LogP contribution in [0.2, 0.25) is 0 Å². The van der Waals surface area contributed by atoms with E-state index in [4.69, 9.17) is 5.10 Å². The van der Waals surface area contributed by atoms with Crippen LogP contribution in [0.25, 0.3) is 11.5 Å². The van der Waals surface area contributed by atoms with Gasteiger partial charge in [-0.3, -0.25) is 0 Å². The second kappa shape index (κ2) is 10.1. The minimum atomic E-state index is -0.313. The van der Waals surface area contributed by atoms with Crippen molar-refractivity contribution in [3.63, 3.8) is 0 Å². The molecule has 2 amide bonds. The molecule has 3 aromatic carbocycles. The van der Waals surface area contributed by atoms with Crippen LogP contribution in [-0.2, 0) is 6.54 Å². The molecule has 7 heteroatoms. The summed E-state index contributed by atoms with van der Waals surface area (Å²) in [5.74, 6) is 0.959. The van der Waals surface area contributed by atoms with Gasteiger partial charge in [-0.25, -0.2) is 9.48 Å². The van der Waals surface area contributed by atoms with Crippen LogP contribution in [0, 0.1) is 20.8 Å². The lowest BCUT2D eigenvalue weighted by Crippen LogP contribution is -2.38. The zero-order valence-electron chi connectivity index (χ0n) is 23.6. The molecule has 0 spiro atoms. The zero-order chi connectivity index (χ0) is 28.0. The first-order valence-corrected chi connectivity index (χ1v) is 13.6. The second-order valence-electron chi connectivity index (χ2n) is 10.7. The molecule has 1 aliphatic heterocycles. The Balaban J connectivity index is 1.53. The lowest BCUT2D eigenvalue weighted by molar-refractivity contribution is 0.194. The maximum absolute atomic E-state index is 14.2. The molecule has 40 heavy (non-hydrogen) atoms. The molecule has 1 N–H and O–H groups in total. The van der Waals surface area contributed by atoms with E-state index in [0.717, 1.165) is 56.5 Å². The predicted molar refractivity (Wildman–Crippen MR) is 161 cm³/mol. The lowest BCUT2D eigenvalue weighted by Gasteiger charge is -2.31. The summed E-state index contributed by atoms with van der Waals surface area (Å²) in [7, 11) is 4.06. The molecule has 1 aliphatic rings. The van der Waals surface area contributed by atoms with Crippen molar-refractivity contribution in [3.8, 4) is 11.5 Å². The molecule has 6 rings (SSSR count). The summed E-state index contributed by atoms with van der Waals surface area (Å²) in [4.78, 5) is 18.3. The number of urea groups is 1. The fraction of sp³-hybridized carbons (Fsp3) is 0.212. The number of nitrogens with one attached hydrogen (secondary N) is 1. The smallest absolute Gasteiger partial charge is 0.322 e. The van der Waals surface area contributed by atoms with E-state index in [1.165, 1.54) is 0 Å². The van der Waals surface area contributed by atoms with Crippen molar-refractivity contribution in [1.29, 1.82) is 0 Å².